The number of hydrogen-bond donors (Lipinski definition) is 1. The molecule has 1 heterocycles. The molecule has 0 aliphatic carbocycles. The van der Waals surface area contributed by atoms with E-state index in [2.05, 4.69) is 4.98 Å². The maximum Gasteiger partial charge on any atom is 0.189 e. The largest absolute Gasteiger partial charge is 0.507 e. The molecule has 3 nitrogen and oxygen atoms in total. The van der Waals surface area contributed by atoms with Gasteiger partial charge in [0.2, 0.25) is 0 Å². The Morgan fingerprint density at radius 3 is 2.41 bits per heavy atom. The molecule has 1 aromatic heterocycles. The molecule has 2 aromatic rings. The normalized spacial score (nSPS) is 11.2. The van der Waals surface area contributed by atoms with E-state index < -0.39 is 0 Å². The van der Waals surface area contributed by atoms with Crippen molar-refractivity contribution in [3.05, 3.63) is 72.1 Å². The molecule has 17 heavy (non-hydrogen) atoms. The molecule has 0 saturated carbocycles. The van der Waals surface area contributed by atoms with Crippen molar-refractivity contribution >= 4 is 11.5 Å². The number of ketones is 1. The zero-order valence-corrected chi connectivity index (χ0v) is 9.08. The highest BCUT2D eigenvalue weighted by molar-refractivity contribution is 6.07. The van der Waals surface area contributed by atoms with Crippen LogP contribution in [0.4, 0.5) is 0 Å². The van der Waals surface area contributed by atoms with Crippen molar-refractivity contribution in [2.45, 2.75) is 0 Å². The average molecular weight is 225 g/mol. The molecule has 2 rings (SSSR count). The number of allylic oxidation sites excluding steroid dienone is 1. The number of benzene rings is 1. The van der Waals surface area contributed by atoms with Gasteiger partial charge in [0, 0.05) is 29.6 Å². The van der Waals surface area contributed by atoms with Gasteiger partial charge in [-0.15, -0.1) is 0 Å². The van der Waals surface area contributed by atoms with Gasteiger partial charge >= 0.3 is 0 Å². The molecule has 0 aliphatic rings. The Morgan fingerprint density at radius 1 is 1.06 bits per heavy atom. The van der Waals surface area contributed by atoms with Gasteiger partial charge in [-0.2, -0.15) is 0 Å². The number of aliphatic hydroxyl groups excluding tert-OH is 1. The number of rotatable bonds is 3. The summed E-state index contributed by atoms with van der Waals surface area (Å²) in [5.74, 6) is -0.307. The first kappa shape index (κ1) is 11.1. The fourth-order valence-corrected chi connectivity index (χ4v) is 1.41. The molecule has 0 bridgehead atoms. The van der Waals surface area contributed by atoms with E-state index in [0.717, 1.165) is 0 Å². The SMILES string of the molecule is O=C(/C=C(\O)c1cccnc1)c1ccccc1. The number of nitrogens with zero attached hydrogens (tertiary/aromatic N) is 1. The average Bonchev–Trinajstić information content (AvgIpc) is 2.40. The molecule has 0 spiro atoms. The van der Waals surface area contributed by atoms with E-state index >= 15 is 0 Å². The van der Waals surface area contributed by atoms with E-state index in [9.17, 15) is 9.90 Å². The summed E-state index contributed by atoms with van der Waals surface area (Å²) in [4.78, 5) is 15.6. The van der Waals surface area contributed by atoms with Crippen molar-refractivity contribution in [2.24, 2.45) is 0 Å². The summed E-state index contributed by atoms with van der Waals surface area (Å²) in [6.45, 7) is 0. The molecule has 0 atom stereocenters. The Kier molecular flexibility index (Phi) is 3.31. The van der Waals surface area contributed by atoms with Crippen LogP contribution in [0, 0.1) is 0 Å². The predicted molar refractivity (Wildman–Crippen MR) is 65.6 cm³/mol. The predicted octanol–water partition coefficient (Wildman–Crippen LogP) is 2.86. The Balaban J connectivity index is 2.24. The number of carbonyl (C=O) groups is 1. The smallest absolute Gasteiger partial charge is 0.189 e. The van der Waals surface area contributed by atoms with Crippen LogP contribution in [0.2, 0.25) is 0 Å². The fraction of sp³-hybridized carbons (Fsp3) is 0. The monoisotopic (exact) mass is 225 g/mol. The zero-order chi connectivity index (χ0) is 12.1. The lowest BCUT2D eigenvalue weighted by atomic mass is 10.1. The Hall–Kier alpha value is -2.42. The summed E-state index contributed by atoms with van der Waals surface area (Å²) < 4.78 is 0. The second kappa shape index (κ2) is 5.07. The topological polar surface area (TPSA) is 50.2 Å². The van der Waals surface area contributed by atoms with Gasteiger partial charge in [0.05, 0.1) is 0 Å². The van der Waals surface area contributed by atoms with E-state index in [4.69, 9.17) is 0 Å². The Morgan fingerprint density at radius 2 is 1.76 bits per heavy atom. The fourth-order valence-electron chi connectivity index (χ4n) is 1.41. The molecular formula is C14H11NO2. The molecule has 0 aliphatic heterocycles. The van der Waals surface area contributed by atoms with E-state index in [-0.39, 0.29) is 11.5 Å². The molecule has 0 fully saturated rings. The molecule has 0 amide bonds. The molecule has 3 heteroatoms. The second-order valence-electron chi connectivity index (χ2n) is 3.50. The summed E-state index contributed by atoms with van der Waals surface area (Å²) >= 11 is 0. The van der Waals surface area contributed by atoms with E-state index in [1.807, 2.05) is 6.07 Å². The third kappa shape index (κ3) is 2.78. The Bertz CT molecular complexity index is 533. The van der Waals surface area contributed by atoms with E-state index in [1.165, 1.54) is 12.3 Å². The maximum absolute atomic E-state index is 11.8. The number of aliphatic hydroxyl groups is 1. The molecule has 84 valence electrons. The van der Waals surface area contributed by atoms with Gasteiger partial charge in [-0.1, -0.05) is 30.3 Å². The molecule has 0 unspecified atom stereocenters. The van der Waals surface area contributed by atoms with Crippen molar-refractivity contribution in [1.82, 2.24) is 4.98 Å². The molecule has 0 saturated heterocycles. The Labute approximate surface area is 99.1 Å². The van der Waals surface area contributed by atoms with Crippen LogP contribution in [-0.4, -0.2) is 15.9 Å². The van der Waals surface area contributed by atoms with Crippen LogP contribution in [0.3, 0.4) is 0 Å². The van der Waals surface area contributed by atoms with Gasteiger partial charge < -0.3 is 5.11 Å². The minimum atomic E-state index is -0.230. The van der Waals surface area contributed by atoms with Gasteiger partial charge in [-0.05, 0) is 12.1 Å². The first-order valence-corrected chi connectivity index (χ1v) is 5.18. The lowest BCUT2D eigenvalue weighted by molar-refractivity contribution is 0.104. The van der Waals surface area contributed by atoms with Gasteiger partial charge in [0.25, 0.3) is 0 Å². The molecule has 1 N–H and O–H groups in total. The van der Waals surface area contributed by atoms with Gasteiger partial charge in [0.1, 0.15) is 5.76 Å². The summed E-state index contributed by atoms with van der Waals surface area (Å²) in [5, 5.41) is 9.75. The van der Waals surface area contributed by atoms with Crippen molar-refractivity contribution in [1.29, 1.82) is 0 Å². The summed E-state index contributed by atoms with van der Waals surface area (Å²) in [5.41, 5.74) is 1.07. The maximum atomic E-state index is 11.8. The number of carbonyl (C=O) groups excluding carboxylic acids is 1. The first-order valence-electron chi connectivity index (χ1n) is 5.18. The number of aromatic nitrogens is 1. The quantitative estimate of drug-likeness (QED) is 0.496. The highest BCUT2D eigenvalue weighted by Gasteiger charge is 2.05. The van der Waals surface area contributed by atoms with Crippen LogP contribution in [0.1, 0.15) is 15.9 Å². The summed E-state index contributed by atoms with van der Waals surface area (Å²) in [6.07, 6.45) is 4.31. The lowest BCUT2D eigenvalue weighted by Gasteiger charge is -1.99. The van der Waals surface area contributed by atoms with Crippen LogP contribution in [0.5, 0.6) is 0 Å². The summed E-state index contributed by atoms with van der Waals surface area (Å²) in [7, 11) is 0. The number of hydrogen-bond acceptors (Lipinski definition) is 3. The highest BCUT2D eigenvalue weighted by Crippen LogP contribution is 2.11. The minimum absolute atomic E-state index is 0.0769. The lowest BCUT2D eigenvalue weighted by Crippen LogP contribution is -1.96. The summed E-state index contributed by atoms with van der Waals surface area (Å²) in [6, 6.07) is 12.2. The third-order valence-corrected chi connectivity index (χ3v) is 2.28. The van der Waals surface area contributed by atoms with Crippen LogP contribution >= 0.6 is 0 Å². The van der Waals surface area contributed by atoms with Gasteiger partial charge in [-0.25, -0.2) is 0 Å². The van der Waals surface area contributed by atoms with Crippen molar-refractivity contribution in [2.75, 3.05) is 0 Å². The number of pyridine rings is 1. The van der Waals surface area contributed by atoms with E-state index in [0.29, 0.717) is 11.1 Å². The van der Waals surface area contributed by atoms with Gasteiger partial charge in [-0.3, -0.25) is 9.78 Å². The van der Waals surface area contributed by atoms with Crippen LogP contribution in [0.25, 0.3) is 5.76 Å². The van der Waals surface area contributed by atoms with Crippen molar-refractivity contribution in [3.63, 3.8) is 0 Å². The van der Waals surface area contributed by atoms with Crippen LogP contribution in [-0.2, 0) is 0 Å². The van der Waals surface area contributed by atoms with Gasteiger partial charge in [0.15, 0.2) is 5.78 Å². The van der Waals surface area contributed by atoms with Crippen LogP contribution < -0.4 is 0 Å². The van der Waals surface area contributed by atoms with E-state index in [1.54, 1.807) is 42.6 Å². The standard InChI is InChI=1S/C14H11NO2/c16-13(11-5-2-1-3-6-11)9-14(17)12-7-4-8-15-10-12/h1-10,17H/b14-9-. The van der Waals surface area contributed by atoms with Crippen molar-refractivity contribution in [3.8, 4) is 0 Å². The molecule has 0 radical (unpaired) electrons. The molecule has 1 aromatic carbocycles. The minimum Gasteiger partial charge on any atom is -0.507 e. The second-order valence-corrected chi connectivity index (χ2v) is 3.50. The third-order valence-electron chi connectivity index (χ3n) is 2.28. The van der Waals surface area contributed by atoms with Crippen LogP contribution in [0.15, 0.2) is 60.9 Å². The first-order chi connectivity index (χ1) is 8.27. The molecular weight excluding hydrogens is 214 g/mol. The van der Waals surface area contributed by atoms with Crippen molar-refractivity contribution < 1.29 is 9.90 Å². The highest BCUT2D eigenvalue weighted by atomic mass is 16.3. The zero-order valence-electron chi connectivity index (χ0n) is 9.08.